The number of hydrogen-bond donors (Lipinski definition) is 1. The fraction of sp³-hybridized carbons (Fsp3) is 0. The zero-order valence-corrected chi connectivity index (χ0v) is 11.8. The van der Waals surface area contributed by atoms with Gasteiger partial charge in [-0.3, -0.25) is 9.38 Å². The second kappa shape index (κ2) is 5.06. The Bertz CT molecular complexity index is 913. The van der Waals surface area contributed by atoms with E-state index in [1.165, 1.54) is 11.9 Å². The molecule has 0 saturated carbocycles. The molecule has 0 saturated heterocycles. The van der Waals surface area contributed by atoms with Gasteiger partial charge < -0.3 is 4.72 Å². The highest BCUT2D eigenvalue weighted by molar-refractivity contribution is 8.00. The van der Waals surface area contributed by atoms with Gasteiger partial charge in [0, 0.05) is 29.7 Å². The van der Waals surface area contributed by atoms with E-state index in [4.69, 9.17) is 0 Å². The predicted octanol–water partition coefficient (Wildman–Crippen LogP) is 3.40. The van der Waals surface area contributed by atoms with Crippen molar-refractivity contribution in [2.75, 3.05) is 4.72 Å². The summed E-state index contributed by atoms with van der Waals surface area (Å²) in [5.74, 6) is 0. The number of pyridine rings is 2. The van der Waals surface area contributed by atoms with E-state index in [0.717, 1.165) is 27.4 Å². The molecule has 102 valence electrons. The van der Waals surface area contributed by atoms with E-state index in [2.05, 4.69) is 19.9 Å². The van der Waals surface area contributed by atoms with Crippen LogP contribution in [0.5, 0.6) is 0 Å². The van der Waals surface area contributed by atoms with Gasteiger partial charge in [-0.2, -0.15) is 0 Å². The SMILES string of the molecule is c1cnc2c(NSc3nnc4ccccn34)cccc2c1. The summed E-state index contributed by atoms with van der Waals surface area (Å²) in [5.41, 5.74) is 2.74. The monoisotopic (exact) mass is 293 g/mol. The Morgan fingerprint density at radius 1 is 0.952 bits per heavy atom. The van der Waals surface area contributed by atoms with Crippen LogP contribution >= 0.6 is 11.9 Å². The molecular formula is C15H11N5S. The van der Waals surface area contributed by atoms with Gasteiger partial charge in [0.25, 0.3) is 0 Å². The van der Waals surface area contributed by atoms with E-state index < -0.39 is 0 Å². The first-order chi connectivity index (χ1) is 10.4. The molecule has 0 aliphatic rings. The van der Waals surface area contributed by atoms with Crippen LogP contribution in [-0.4, -0.2) is 19.6 Å². The summed E-state index contributed by atoms with van der Waals surface area (Å²) in [5, 5.41) is 10.2. The second-order valence-corrected chi connectivity index (χ2v) is 5.27. The number of para-hydroxylation sites is 1. The van der Waals surface area contributed by atoms with Gasteiger partial charge in [-0.05, 0) is 24.3 Å². The summed E-state index contributed by atoms with van der Waals surface area (Å²) in [6, 6.07) is 15.9. The van der Waals surface area contributed by atoms with Crippen molar-refractivity contribution in [2.45, 2.75) is 5.16 Å². The highest BCUT2D eigenvalue weighted by atomic mass is 32.2. The van der Waals surface area contributed by atoms with Crippen LogP contribution < -0.4 is 4.72 Å². The predicted molar refractivity (Wildman–Crippen MR) is 84.2 cm³/mol. The fourth-order valence-corrected chi connectivity index (χ4v) is 2.88. The van der Waals surface area contributed by atoms with Gasteiger partial charge in [-0.15, -0.1) is 10.2 Å². The van der Waals surface area contributed by atoms with Crippen molar-refractivity contribution < 1.29 is 0 Å². The molecule has 3 heterocycles. The van der Waals surface area contributed by atoms with Crippen molar-refractivity contribution in [3.05, 3.63) is 60.9 Å². The largest absolute Gasteiger partial charge is 0.321 e. The minimum Gasteiger partial charge on any atom is -0.321 e. The molecule has 0 spiro atoms. The van der Waals surface area contributed by atoms with Crippen molar-refractivity contribution in [3.63, 3.8) is 0 Å². The molecule has 6 heteroatoms. The topological polar surface area (TPSA) is 55.1 Å². The zero-order valence-electron chi connectivity index (χ0n) is 11.0. The average molecular weight is 293 g/mol. The maximum atomic E-state index is 4.42. The van der Waals surface area contributed by atoms with Crippen molar-refractivity contribution in [2.24, 2.45) is 0 Å². The first-order valence-corrected chi connectivity index (χ1v) is 7.30. The summed E-state index contributed by atoms with van der Waals surface area (Å²) in [6.07, 6.45) is 3.74. The van der Waals surface area contributed by atoms with Crippen LogP contribution in [0.3, 0.4) is 0 Å². The molecule has 4 rings (SSSR count). The van der Waals surface area contributed by atoms with Crippen molar-refractivity contribution in [1.29, 1.82) is 0 Å². The normalized spacial score (nSPS) is 11.0. The minimum atomic E-state index is 0.790. The van der Waals surface area contributed by atoms with Crippen LogP contribution in [0.1, 0.15) is 0 Å². The summed E-state index contributed by atoms with van der Waals surface area (Å²) >= 11 is 1.42. The van der Waals surface area contributed by atoms with E-state index in [1.807, 2.05) is 59.1 Å². The Labute approximate surface area is 125 Å². The van der Waals surface area contributed by atoms with Crippen LogP contribution in [0, 0.1) is 0 Å². The fourth-order valence-electron chi connectivity index (χ4n) is 2.18. The molecule has 4 aromatic rings. The summed E-state index contributed by atoms with van der Waals surface area (Å²) in [4.78, 5) is 4.42. The molecule has 0 amide bonds. The van der Waals surface area contributed by atoms with Crippen LogP contribution in [0.25, 0.3) is 16.6 Å². The first kappa shape index (κ1) is 12.2. The molecule has 5 nitrogen and oxygen atoms in total. The summed E-state index contributed by atoms with van der Waals surface area (Å²) in [6.45, 7) is 0. The lowest BCUT2D eigenvalue weighted by molar-refractivity contribution is 0.924. The van der Waals surface area contributed by atoms with Gasteiger partial charge >= 0.3 is 0 Å². The third-order valence-electron chi connectivity index (χ3n) is 3.17. The molecule has 0 radical (unpaired) electrons. The Hall–Kier alpha value is -2.60. The number of anilines is 1. The van der Waals surface area contributed by atoms with Gasteiger partial charge in [-0.1, -0.05) is 24.3 Å². The maximum Gasteiger partial charge on any atom is 0.216 e. The molecule has 0 aliphatic heterocycles. The number of nitrogens with zero attached hydrogens (tertiary/aromatic N) is 4. The Morgan fingerprint density at radius 3 is 2.90 bits per heavy atom. The number of rotatable bonds is 3. The van der Waals surface area contributed by atoms with E-state index in [-0.39, 0.29) is 0 Å². The Balaban J connectivity index is 1.67. The molecule has 21 heavy (non-hydrogen) atoms. The smallest absolute Gasteiger partial charge is 0.216 e. The average Bonchev–Trinajstić information content (AvgIpc) is 2.96. The van der Waals surface area contributed by atoms with E-state index in [9.17, 15) is 0 Å². The molecule has 1 N–H and O–H groups in total. The highest BCUT2D eigenvalue weighted by Crippen LogP contribution is 2.25. The summed E-state index contributed by atoms with van der Waals surface area (Å²) in [7, 11) is 0. The van der Waals surface area contributed by atoms with E-state index >= 15 is 0 Å². The van der Waals surface area contributed by atoms with Crippen molar-refractivity contribution in [1.82, 2.24) is 19.6 Å². The standard InChI is InChI=1S/C15H11N5S/c1-2-10-20-13(8-1)17-18-15(20)21-19-12-7-3-5-11-6-4-9-16-14(11)12/h1-10,19H. The van der Waals surface area contributed by atoms with Crippen LogP contribution in [0.4, 0.5) is 5.69 Å². The molecule has 3 aromatic heterocycles. The number of benzene rings is 1. The van der Waals surface area contributed by atoms with Crippen LogP contribution in [-0.2, 0) is 0 Å². The van der Waals surface area contributed by atoms with E-state index in [0.29, 0.717) is 0 Å². The Kier molecular flexibility index (Phi) is 2.93. The molecule has 0 bridgehead atoms. The number of fused-ring (bicyclic) bond motifs is 2. The number of aromatic nitrogens is 4. The van der Waals surface area contributed by atoms with Gasteiger partial charge in [0.1, 0.15) is 0 Å². The van der Waals surface area contributed by atoms with Crippen LogP contribution in [0.2, 0.25) is 0 Å². The Morgan fingerprint density at radius 2 is 1.90 bits per heavy atom. The van der Waals surface area contributed by atoms with Gasteiger partial charge in [0.2, 0.25) is 5.16 Å². The molecule has 0 aliphatic carbocycles. The quantitative estimate of drug-likeness (QED) is 0.587. The molecule has 0 fully saturated rings. The number of nitrogens with one attached hydrogen (secondary N) is 1. The first-order valence-electron chi connectivity index (χ1n) is 6.48. The number of hydrogen-bond acceptors (Lipinski definition) is 5. The second-order valence-electron chi connectivity index (χ2n) is 4.50. The van der Waals surface area contributed by atoms with Crippen molar-refractivity contribution >= 4 is 34.2 Å². The zero-order chi connectivity index (χ0) is 14.1. The maximum absolute atomic E-state index is 4.42. The van der Waals surface area contributed by atoms with Crippen LogP contribution in [0.15, 0.2) is 66.1 Å². The minimum absolute atomic E-state index is 0.790. The lowest BCUT2D eigenvalue weighted by Crippen LogP contribution is -1.93. The lowest BCUT2D eigenvalue weighted by Gasteiger charge is -2.06. The lowest BCUT2D eigenvalue weighted by atomic mass is 10.2. The highest BCUT2D eigenvalue weighted by Gasteiger charge is 2.07. The molecule has 1 aromatic carbocycles. The summed E-state index contributed by atoms with van der Waals surface area (Å²) < 4.78 is 5.25. The third kappa shape index (κ3) is 2.19. The van der Waals surface area contributed by atoms with Gasteiger partial charge in [0.05, 0.1) is 11.2 Å². The molecule has 0 atom stereocenters. The van der Waals surface area contributed by atoms with Gasteiger partial charge in [-0.25, -0.2) is 0 Å². The van der Waals surface area contributed by atoms with Crippen molar-refractivity contribution in [3.8, 4) is 0 Å². The molecule has 0 unspecified atom stereocenters. The third-order valence-corrected chi connectivity index (χ3v) is 3.95. The van der Waals surface area contributed by atoms with E-state index in [1.54, 1.807) is 6.20 Å². The van der Waals surface area contributed by atoms with Gasteiger partial charge in [0.15, 0.2) is 5.65 Å². The molecular weight excluding hydrogens is 282 g/mol.